The zero-order valence-electron chi connectivity index (χ0n) is 13.1. The van der Waals surface area contributed by atoms with Crippen molar-refractivity contribution in [3.8, 4) is 0 Å². The number of hydrogen-bond acceptors (Lipinski definition) is 2. The highest BCUT2D eigenvalue weighted by atomic mass is 32.1. The second-order valence-electron chi connectivity index (χ2n) is 5.84. The molecular weight excluding hydrogens is 268 g/mol. The summed E-state index contributed by atoms with van der Waals surface area (Å²) in [6, 6.07) is 0. The van der Waals surface area contributed by atoms with Crippen LogP contribution in [0.1, 0.15) is 96.8 Å². The molecule has 0 saturated heterocycles. The van der Waals surface area contributed by atoms with E-state index in [9.17, 15) is 0 Å². The SMILES string of the molecule is CCCCCCCCC(S)CCCCCCCCS. The van der Waals surface area contributed by atoms with Crippen molar-refractivity contribution in [2.75, 3.05) is 5.75 Å². The fraction of sp³-hybridized carbons (Fsp3) is 1.00. The van der Waals surface area contributed by atoms with Crippen LogP contribution in [-0.2, 0) is 0 Å². The van der Waals surface area contributed by atoms with Gasteiger partial charge in [0, 0.05) is 5.25 Å². The van der Waals surface area contributed by atoms with E-state index < -0.39 is 0 Å². The van der Waals surface area contributed by atoms with Crippen molar-refractivity contribution in [1.82, 2.24) is 0 Å². The van der Waals surface area contributed by atoms with Gasteiger partial charge in [-0.15, -0.1) is 0 Å². The monoisotopic (exact) mass is 304 g/mol. The van der Waals surface area contributed by atoms with Crippen LogP contribution < -0.4 is 0 Å². The van der Waals surface area contributed by atoms with E-state index >= 15 is 0 Å². The molecule has 0 N–H and O–H groups in total. The zero-order valence-corrected chi connectivity index (χ0v) is 14.9. The molecule has 0 bridgehead atoms. The molecule has 0 radical (unpaired) electrons. The van der Waals surface area contributed by atoms with Gasteiger partial charge < -0.3 is 0 Å². The van der Waals surface area contributed by atoms with Crippen molar-refractivity contribution >= 4 is 25.3 Å². The van der Waals surface area contributed by atoms with Crippen LogP contribution in [0.5, 0.6) is 0 Å². The summed E-state index contributed by atoms with van der Waals surface area (Å²) in [4.78, 5) is 0. The van der Waals surface area contributed by atoms with Crippen LogP contribution in [-0.4, -0.2) is 11.0 Å². The van der Waals surface area contributed by atoms with Crippen molar-refractivity contribution < 1.29 is 0 Å². The molecule has 0 aromatic carbocycles. The molecule has 116 valence electrons. The Labute approximate surface area is 133 Å². The van der Waals surface area contributed by atoms with Gasteiger partial charge in [0.2, 0.25) is 0 Å². The van der Waals surface area contributed by atoms with Crippen LogP contribution in [0.2, 0.25) is 0 Å². The molecule has 0 saturated carbocycles. The summed E-state index contributed by atoms with van der Waals surface area (Å²) >= 11 is 8.96. The summed E-state index contributed by atoms with van der Waals surface area (Å²) in [6.45, 7) is 2.28. The molecule has 0 aromatic rings. The third kappa shape index (κ3) is 16.6. The van der Waals surface area contributed by atoms with Gasteiger partial charge in [0.05, 0.1) is 0 Å². The number of hydrogen-bond donors (Lipinski definition) is 2. The Balaban J connectivity index is 3.10. The van der Waals surface area contributed by atoms with E-state index in [2.05, 4.69) is 19.6 Å². The minimum absolute atomic E-state index is 0.656. The quantitative estimate of drug-likeness (QED) is 0.244. The van der Waals surface area contributed by atoms with Crippen LogP contribution in [0.15, 0.2) is 0 Å². The Morgan fingerprint density at radius 3 is 1.53 bits per heavy atom. The van der Waals surface area contributed by atoms with Crippen molar-refractivity contribution in [2.45, 2.75) is 102 Å². The summed E-state index contributed by atoms with van der Waals surface area (Å²) in [6.07, 6.45) is 19.3. The molecule has 19 heavy (non-hydrogen) atoms. The van der Waals surface area contributed by atoms with Gasteiger partial charge in [-0.05, 0) is 25.0 Å². The number of unbranched alkanes of at least 4 members (excludes halogenated alkanes) is 10. The molecule has 0 nitrogen and oxygen atoms in total. The lowest BCUT2D eigenvalue weighted by Gasteiger charge is -2.10. The number of thiol groups is 2. The van der Waals surface area contributed by atoms with Crippen LogP contribution >= 0.6 is 25.3 Å². The van der Waals surface area contributed by atoms with Crippen LogP contribution in [0.3, 0.4) is 0 Å². The molecule has 0 rings (SSSR count). The maximum atomic E-state index is 4.72. The highest BCUT2D eigenvalue weighted by Crippen LogP contribution is 2.17. The molecular formula is C17H36S2. The minimum Gasteiger partial charge on any atom is -0.179 e. The van der Waals surface area contributed by atoms with Crippen molar-refractivity contribution in [2.24, 2.45) is 0 Å². The Morgan fingerprint density at radius 2 is 1.05 bits per heavy atom. The predicted molar refractivity (Wildman–Crippen MR) is 96.9 cm³/mol. The highest BCUT2D eigenvalue weighted by Gasteiger charge is 2.02. The van der Waals surface area contributed by atoms with Crippen molar-refractivity contribution in [3.05, 3.63) is 0 Å². The van der Waals surface area contributed by atoms with Gasteiger partial charge in [0.25, 0.3) is 0 Å². The lowest BCUT2D eigenvalue weighted by molar-refractivity contribution is 0.544. The largest absolute Gasteiger partial charge is 0.179 e. The van der Waals surface area contributed by atoms with E-state index in [-0.39, 0.29) is 0 Å². The van der Waals surface area contributed by atoms with E-state index in [0.29, 0.717) is 5.25 Å². The van der Waals surface area contributed by atoms with Gasteiger partial charge in [0.15, 0.2) is 0 Å². The van der Waals surface area contributed by atoms with Gasteiger partial charge in [-0.1, -0.05) is 77.6 Å². The fourth-order valence-electron chi connectivity index (χ4n) is 2.50. The van der Waals surface area contributed by atoms with E-state index in [1.165, 1.54) is 89.9 Å². The molecule has 0 aliphatic carbocycles. The first-order valence-electron chi connectivity index (χ1n) is 8.60. The Hall–Kier alpha value is 0.700. The van der Waals surface area contributed by atoms with Gasteiger partial charge >= 0.3 is 0 Å². The second kappa shape index (κ2) is 16.8. The molecule has 0 heterocycles. The molecule has 0 amide bonds. The Kier molecular flexibility index (Phi) is 17.4. The average Bonchev–Trinajstić information content (AvgIpc) is 2.41. The normalized spacial score (nSPS) is 12.8. The Morgan fingerprint density at radius 1 is 0.632 bits per heavy atom. The van der Waals surface area contributed by atoms with Crippen molar-refractivity contribution in [1.29, 1.82) is 0 Å². The molecule has 0 aliphatic heterocycles. The maximum Gasteiger partial charge on any atom is 0.00168 e. The third-order valence-corrected chi connectivity index (χ3v) is 4.67. The van der Waals surface area contributed by atoms with Crippen molar-refractivity contribution in [3.63, 3.8) is 0 Å². The molecule has 1 atom stereocenters. The average molecular weight is 305 g/mol. The molecule has 0 aliphatic rings. The molecule has 1 unspecified atom stereocenters. The van der Waals surface area contributed by atoms with Crippen LogP contribution in [0.4, 0.5) is 0 Å². The first-order chi connectivity index (χ1) is 9.31. The summed E-state index contributed by atoms with van der Waals surface area (Å²) in [7, 11) is 0. The molecule has 2 heteroatoms. The van der Waals surface area contributed by atoms with Crippen LogP contribution in [0, 0.1) is 0 Å². The maximum absolute atomic E-state index is 4.72. The zero-order chi connectivity index (χ0) is 14.2. The lowest BCUT2D eigenvalue weighted by Crippen LogP contribution is -1.98. The lowest BCUT2D eigenvalue weighted by atomic mass is 10.0. The van der Waals surface area contributed by atoms with Gasteiger partial charge in [0.1, 0.15) is 0 Å². The highest BCUT2D eigenvalue weighted by molar-refractivity contribution is 7.81. The minimum atomic E-state index is 0.656. The first kappa shape index (κ1) is 19.7. The van der Waals surface area contributed by atoms with Gasteiger partial charge in [-0.3, -0.25) is 0 Å². The standard InChI is InChI=1S/C17H36S2/c1-2-3-4-5-8-11-14-17(19)15-12-9-6-7-10-13-16-18/h17-19H,2-16H2,1H3. The van der Waals surface area contributed by atoms with E-state index in [1.807, 2.05) is 0 Å². The Bertz CT molecular complexity index is 159. The summed E-state index contributed by atoms with van der Waals surface area (Å²) < 4.78 is 0. The summed E-state index contributed by atoms with van der Waals surface area (Å²) in [5.74, 6) is 1.05. The molecule has 0 spiro atoms. The number of rotatable bonds is 15. The predicted octanol–water partition coefficient (Wildman–Crippen LogP) is 6.70. The molecule has 0 aromatic heterocycles. The smallest absolute Gasteiger partial charge is 0.00168 e. The van der Waals surface area contributed by atoms with Gasteiger partial charge in [-0.2, -0.15) is 25.3 Å². The van der Waals surface area contributed by atoms with Gasteiger partial charge in [-0.25, -0.2) is 0 Å². The molecule has 0 fully saturated rings. The van der Waals surface area contributed by atoms with E-state index in [4.69, 9.17) is 12.6 Å². The topological polar surface area (TPSA) is 0 Å². The summed E-state index contributed by atoms with van der Waals surface area (Å²) in [5, 5.41) is 0.656. The second-order valence-corrected chi connectivity index (χ2v) is 7.02. The van der Waals surface area contributed by atoms with Crippen LogP contribution in [0.25, 0.3) is 0 Å². The van der Waals surface area contributed by atoms with E-state index in [1.54, 1.807) is 0 Å². The third-order valence-electron chi connectivity index (χ3n) is 3.84. The first-order valence-corrected chi connectivity index (χ1v) is 9.75. The van der Waals surface area contributed by atoms with E-state index in [0.717, 1.165) is 5.75 Å². The fourth-order valence-corrected chi connectivity index (χ4v) is 3.09. The summed E-state index contributed by atoms with van der Waals surface area (Å²) in [5.41, 5.74) is 0.